The van der Waals surface area contributed by atoms with Crippen LogP contribution in [0.3, 0.4) is 0 Å². The number of anilines is 2. The van der Waals surface area contributed by atoms with Crippen molar-refractivity contribution >= 4 is 35.1 Å². The van der Waals surface area contributed by atoms with Gasteiger partial charge in [0.2, 0.25) is 11.9 Å². The number of amides is 2. The molecule has 2 amide bonds. The van der Waals surface area contributed by atoms with Crippen LogP contribution >= 0.6 is 11.6 Å². The maximum absolute atomic E-state index is 12.6. The highest BCUT2D eigenvalue weighted by molar-refractivity contribution is 6.33. The van der Waals surface area contributed by atoms with E-state index in [1.54, 1.807) is 42.2 Å². The van der Waals surface area contributed by atoms with Crippen LogP contribution in [0.5, 0.6) is 0 Å². The van der Waals surface area contributed by atoms with Gasteiger partial charge in [-0.2, -0.15) is 0 Å². The topological polar surface area (TPSA) is 78.4 Å². The third kappa shape index (κ3) is 4.11. The van der Waals surface area contributed by atoms with E-state index in [2.05, 4.69) is 15.3 Å². The first-order valence-electron chi connectivity index (χ1n) is 8.36. The monoisotopic (exact) mass is 373 g/mol. The molecule has 1 saturated heterocycles. The normalized spacial score (nSPS) is 14.3. The van der Waals surface area contributed by atoms with Crippen molar-refractivity contribution in [1.29, 1.82) is 0 Å². The van der Waals surface area contributed by atoms with Gasteiger partial charge in [-0.25, -0.2) is 9.97 Å². The Balaban J connectivity index is 1.76. The number of rotatable bonds is 3. The molecule has 8 heteroatoms. The van der Waals surface area contributed by atoms with Crippen molar-refractivity contribution in [3.05, 3.63) is 46.7 Å². The van der Waals surface area contributed by atoms with Crippen LogP contribution in [-0.2, 0) is 4.79 Å². The lowest BCUT2D eigenvalue weighted by Gasteiger charge is -2.34. The number of aromatic nitrogens is 2. The first kappa shape index (κ1) is 18.1. The first-order chi connectivity index (χ1) is 12.4. The van der Waals surface area contributed by atoms with E-state index in [4.69, 9.17) is 11.6 Å². The molecule has 1 N–H and O–H groups in total. The molecule has 1 aliphatic rings. The summed E-state index contributed by atoms with van der Waals surface area (Å²) in [5.41, 5.74) is 1.52. The van der Waals surface area contributed by atoms with Crippen LogP contribution < -0.4 is 10.2 Å². The van der Waals surface area contributed by atoms with Crippen LogP contribution in [0.15, 0.2) is 30.3 Å². The van der Waals surface area contributed by atoms with Gasteiger partial charge in [0.05, 0.1) is 10.7 Å². The third-order valence-electron chi connectivity index (χ3n) is 4.20. The number of nitrogens with zero attached hydrogens (tertiary/aromatic N) is 4. The molecule has 1 aliphatic heterocycles. The predicted molar refractivity (Wildman–Crippen MR) is 101 cm³/mol. The molecule has 1 aromatic carbocycles. The van der Waals surface area contributed by atoms with Crippen LogP contribution in [0, 0.1) is 6.92 Å². The van der Waals surface area contributed by atoms with Crippen molar-refractivity contribution in [2.75, 3.05) is 36.4 Å². The summed E-state index contributed by atoms with van der Waals surface area (Å²) >= 11 is 6.09. The zero-order valence-electron chi connectivity index (χ0n) is 14.7. The van der Waals surface area contributed by atoms with Gasteiger partial charge in [0.15, 0.2) is 0 Å². The Bertz CT molecular complexity index is 834. The number of para-hydroxylation sites is 1. The van der Waals surface area contributed by atoms with Crippen molar-refractivity contribution in [3.8, 4) is 0 Å². The highest BCUT2D eigenvalue weighted by Crippen LogP contribution is 2.21. The fourth-order valence-electron chi connectivity index (χ4n) is 2.78. The maximum atomic E-state index is 12.6. The van der Waals surface area contributed by atoms with Gasteiger partial charge in [-0.15, -0.1) is 0 Å². The van der Waals surface area contributed by atoms with Gasteiger partial charge >= 0.3 is 0 Å². The Morgan fingerprint density at radius 3 is 2.46 bits per heavy atom. The zero-order chi connectivity index (χ0) is 18.7. The van der Waals surface area contributed by atoms with Gasteiger partial charge in [-0.05, 0) is 25.1 Å². The number of carbonyl (C=O) groups excluding carboxylic acids is 2. The summed E-state index contributed by atoms with van der Waals surface area (Å²) in [5.74, 6) is 0.222. The van der Waals surface area contributed by atoms with Gasteiger partial charge < -0.3 is 15.1 Å². The summed E-state index contributed by atoms with van der Waals surface area (Å²) < 4.78 is 0. The predicted octanol–water partition coefficient (Wildman–Crippen LogP) is 2.36. The van der Waals surface area contributed by atoms with Gasteiger partial charge in [0, 0.05) is 38.8 Å². The Labute approximate surface area is 157 Å². The summed E-state index contributed by atoms with van der Waals surface area (Å²) in [6.07, 6.45) is 0. The second-order valence-corrected chi connectivity index (χ2v) is 6.53. The van der Waals surface area contributed by atoms with E-state index in [9.17, 15) is 9.59 Å². The average molecular weight is 374 g/mol. The number of hydrogen-bond acceptors (Lipinski definition) is 5. The fourth-order valence-corrected chi connectivity index (χ4v) is 2.96. The lowest BCUT2D eigenvalue weighted by Crippen LogP contribution is -2.48. The molecule has 0 radical (unpaired) electrons. The van der Waals surface area contributed by atoms with Crippen molar-refractivity contribution in [3.63, 3.8) is 0 Å². The van der Waals surface area contributed by atoms with E-state index in [-0.39, 0.29) is 17.5 Å². The number of carbonyl (C=O) groups is 2. The number of piperazine rings is 1. The molecule has 0 atom stereocenters. The Hall–Kier alpha value is -2.67. The zero-order valence-corrected chi connectivity index (χ0v) is 15.5. The number of aryl methyl sites for hydroxylation is 1. The summed E-state index contributed by atoms with van der Waals surface area (Å²) in [6.45, 7) is 5.89. The molecule has 3 rings (SSSR count). The van der Waals surface area contributed by atoms with Crippen molar-refractivity contribution in [2.24, 2.45) is 0 Å². The third-order valence-corrected chi connectivity index (χ3v) is 4.53. The number of hydrogen-bond donors (Lipinski definition) is 1. The van der Waals surface area contributed by atoms with Gasteiger partial charge in [-0.3, -0.25) is 9.59 Å². The van der Waals surface area contributed by atoms with Crippen LogP contribution in [0.1, 0.15) is 23.1 Å². The van der Waals surface area contributed by atoms with E-state index in [0.717, 1.165) is 0 Å². The number of benzene rings is 1. The van der Waals surface area contributed by atoms with Gasteiger partial charge in [0.1, 0.15) is 5.69 Å². The molecule has 1 fully saturated rings. The molecular formula is C18H20ClN5O2. The van der Waals surface area contributed by atoms with E-state index >= 15 is 0 Å². The molecule has 0 saturated carbocycles. The molecule has 0 unspecified atom stereocenters. The Kier molecular flexibility index (Phi) is 5.37. The molecule has 26 heavy (non-hydrogen) atoms. The number of halogens is 1. The molecule has 0 spiro atoms. The lowest BCUT2D eigenvalue weighted by molar-refractivity contribution is -0.129. The van der Waals surface area contributed by atoms with E-state index in [0.29, 0.717) is 48.5 Å². The smallest absolute Gasteiger partial charge is 0.274 e. The van der Waals surface area contributed by atoms with Crippen LogP contribution in [0.4, 0.5) is 11.6 Å². The average Bonchev–Trinajstić information content (AvgIpc) is 2.63. The quantitative estimate of drug-likeness (QED) is 0.893. The largest absolute Gasteiger partial charge is 0.339 e. The molecule has 7 nitrogen and oxygen atoms in total. The van der Waals surface area contributed by atoms with Crippen molar-refractivity contribution < 1.29 is 9.59 Å². The van der Waals surface area contributed by atoms with Crippen LogP contribution in [0.2, 0.25) is 5.02 Å². The number of nitrogens with one attached hydrogen (secondary N) is 1. The summed E-state index contributed by atoms with van der Waals surface area (Å²) in [5, 5.41) is 3.24. The molecule has 0 bridgehead atoms. The highest BCUT2D eigenvalue weighted by atomic mass is 35.5. The van der Waals surface area contributed by atoms with E-state index in [1.807, 2.05) is 11.8 Å². The molecule has 2 heterocycles. The second-order valence-electron chi connectivity index (χ2n) is 6.12. The van der Waals surface area contributed by atoms with Gasteiger partial charge in [0.25, 0.3) is 5.91 Å². The Morgan fingerprint density at radius 1 is 1.12 bits per heavy atom. The lowest BCUT2D eigenvalue weighted by atomic mass is 10.2. The summed E-state index contributed by atoms with van der Waals surface area (Å²) in [4.78, 5) is 36.6. The van der Waals surface area contributed by atoms with E-state index in [1.165, 1.54) is 0 Å². The van der Waals surface area contributed by atoms with Gasteiger partial charge in [-0.1, -0.05) is 23.7 Å². The van der Waals surface area contributed by atoms with Crippen molar-refractivity contribution in [2.45, 2.75) is 13.8 Å². The molecule has 2 aromatic rings. The molecular weight excluding hydrogens is 354 g/mol. The SMILES string of the molecule is CC(=O)N1CCN(c2nc(C)cc(C(=O)Nc3ccccc3Cl)n2)CC1. The summed E-state index contributed by atoms with van der Waals surface area (Å²) in [7, 11) is 0. The van der Waals surface area contributed by atoms with Crippen LogP contribution in [-0.4, -0.2) is 52.9 Å². The second kappa shape index (κ2) is 7.70. The van der Waals surface area contributed by atoms with E-state index < -0.39 is 0 Å². The minimum atomic E-state index is -0.341. The molecule has 136 valence electrons. The fraction of sp³-hybridized carbons (Fsp3) is 0.333. The maximum Gasteiger partial charge on any atom is 0.274 e. The Morgan fingerprint density at radius 2 is 1.81 bits per heavy atom. The summed E-state index contributed by atoms with van der Waals surface area (Å²) in [6, 6.07) is 8.68. The highest BCUT2D eigenvalue weighted by Gasteiger charge is 2.22. The van der Waals surface area contributed by atoms with Crippen molar-refractivity contribution in [1.82, 2.24) is 14.9 Å². The minimum Gasteiger partial charge on any atom is -0.339 e. The molecule has 1 aromatic heterocycles. The standard InChI is InChI=1S/C18H20ClN5O2/c1-12-11-16(17(26)21-15-6-4-3-5-14(15)19)22-18(20-12)24-9-7-23(8-10-24)13(2)25/h3-6,11H,7-10H2,1-2H3,(H,21,26). The minimum absolute atomic E-state index is 0.0645. The molecule has 0 aliphatic carbocycles. The first-order valence-corrected chi connectivity index (χ1v) is 8.74. The van der Waals surface area contributed by atoms with Crippen LogP contribution in [0.25, 0.3) is 0 Å².